The lowest BCUT2D eigenvalue weighted by atomic mass is 9.98. The van der Waals surface area contributed by atoms with Crippen LogP contribution in [-0.4, -0.2) is 35.7 Å². The molecule has 1 atom stereocenters. The molecule has 2 amide bonds. The number of hydrogen-bond donors (Lipinski definition) is 3. The fourth-order valence-corrected chi connectivity index (χ4v) is 4.22. The van der Waals surface area contributed by atoms with E-state index < -0.39 is 24.0 Å². The predicted molar refractivity (Wildman–Crippen MR) is 125 cm³/mol. The van der Waals surface area contributed by atoms with E-state index in [4.69, 9.17) is 16.3 Å². The Bertz CT molecular complexity index is 1200. The summed E-state index contributed by atoms with van der Waals surface area (Å²) in [5.41, 5.74) is 4.22. The lowest BCUT2D eigenvalue weighted by Crippen LogP contribution is -2.42. The molecule has 33 heavy (non-hydrogen) atoms. The Morgan fingerprint density at radius 1 is 0.970 bits per heavy atom. The maximum Gasteiger partial charge on any atom is 0.407 e. The predicted octanol–water partition coefficient (Wildman–Crippen LogP) is 4.90. The molecule has 1 aliphatic rings. The monoisotopic (exact) mass is 464 g/mol. The van der Waals surface area contributed by atoms with Crippen LogP contribution in [0.5, 0.6) is 0 Å². The lowest BCUT2D eigenvalue weighted by molar-refractivity contribution is -0.117. The van der Waals surface area contributed by atoms with Crippen LogP contribution in [0.1, 0.15) is 34.3 Å². The van der Waals surface area contributed by atoms with Crippen molar-refractivity contribution in [1.82, 2.24) is 5.32 Å². The van der Waals surface area contributed by atoms with Crippen molar-refractivity contribution in [3.8, 4) is 11.1 Å². The second kappa shape index (κ2) is 9.34. The minimum atomic E-state index is -1.27. The number of benzene rings is 3. The summed E-state index contributed by atoms with van der Waals surface area (Å²) in [5.74, 6) is -1.97. The van der Waals surface area contributed by atoms with Gasteiger partial charge in [0.05, 0.1) is 10.7 Å². The van der Waals surface area contributed by atoms with E-state index >= 15 is 0 Å². The number of ether oxygens (including phenoxy) is 1. The van der Waals surface area contributed by atoms with Gasteiger partial charge >= 0.3 is 12.1 Å². The summed E-state index contributed by atoms with van der Waals surface area (Å²) in [6.45, 7) is 1.59. The number of anilines is 1. The van der Waals surface area contributed by atoms with Gasteiger partial charge in [-0.2, -0.15) is 0 Å². The van der Waals surface area contributed by atoms with E-state index in [9.17, 15) is 19.5 Å². The summed E-state index contributed by atoms with van der Waals surface area (Å²) in [6, 6.07) is 19.4. The number of alkyl carbamates (subject to hydrolysis) is 1. The molecular formula is C25H21ClN2O5. The van der Waals surface area contributed by atoms with Crippen LogP contribution in [0, 0.1) is 0 Å². The molecule has 8 heteroatoms. The van der Waals surface area contributed by atoms with Gasteiger partial charge in [-0.3, -0.25) is 4.79 Å². The summed E-state index contributed by atoms with van der Waals surface area (Å²) < 4.78 is 5.45. The average Bonchev–Trinajstić information content (AvgIpc) is 3.11. The lowest BCUT2D eigenvalue weighted by Gasteiger charge is -2.18. The first kappa shape index (κ1) is 22.4. The van der Waals surface area contributed by atoms with Gasteiger partial charge in [-0.15, -0.1) is 0 Å². The van der Waals surface area contributed by atoms with Crippen LogP contribution in [0.25, 0.3) is 11.1 Å². The number of rotatable bonds is 6. The standard InChI is InChI=1S/C25H21ClN2O5/c1-14(23(29)28-21-12-6-11-20(26)22(21)24(30)31)27-25(32)33-13-19-17-9-4-2-7-15(17)16-8-3-5-10-18(16)19/h2-12,14,19H,13H2,1H3,(H,27,32)(H,28,29)(H,30,31). The molecule has 0 heterocycles. The summed E-state index contributed by atoms with van der Waals surface area (Å²) in [5, 5.41) is 14.3. The third-order valence-corrected chi connectivity index (χ3v) is 5.87. The number of aromatic carboxylic acids is 1. The topological polar surface area (TPSA) is 105 Å². The Kier molecular flexibility index (Phi) is 6.33. The van der Waals surface area contributed by atoms with Gasteiger partial charge in [0.15, 0.2) is 0 Å². The van der Waals surface area contributed by atoms with Gasteiger partial charge in [-0.1, -0.05) is 66.2 Å². The first-order chi connectivity index (χ1) is 15.9. The van der Waals surface area contributed by atoms with E-state index in [-0.39, 0.29) is 28.8 Å². The van der Waals surface area contributed by atoms with Gasteiger partial charge in [-0.05, 0) is 41.3 Å². The second-order valence-electron chi connectivity index (χ2n) is 7.65. The van der Waals surface area contributed by atoms with Gasteiger partial charge in [-0.25, -0.2) is 9.59 Å². The van der Waals surface area contributed by atoms with Crippen LogP contribution in [0.3, 0.4) is 0 Å². The molecule has 0 spiro atoms. The van der Waals surface area contributed by atoms with Crippen LogP contribution >= 0.6 is 11.6 Å². The zero-order valence-electron chi connectivity index (χ0n) is 17.7. The third-order valence-electron chi connectivity index (χ3n) is 5.56. The molecule has 0 bridgehead atoms. The Morgan fingerprint density at radius 3 is 2.18 bits per heavy atom. The van der Waals surface area contributed by atoms with Crippen LogP contribution in [-0.2, 0) is 9.53 Å². The molecule has 7 nitrogen and oxygen atoms in total. The van der Waals surface area contributed by atoms with Crippen molar-refractivity contribution in [2.75, 3.05) is 11.9 Å². The van der Waals surface area contributed by atoms with Crippen molar-refractivity contribution >= 4 is 35.3 Å². The van der Waals surface area contributed by atoms with Crippen molar-refractivity contribution < 1.29 is 24.2 Å². The number of carboxylic acid groups (broad SMARTS) is 1. The smallest absolute Gasteiger partial charge is 0.407 e. The molecule has 0 aromatic heterocycles. The third kappa shape index (κ3) is 4.54. The minimum absolute atomic E-state index is 0.00236. The molecular weight excluding hydrogens is 444 g/mol. The highest BCUT2D eigenvalue weighted by Gasteiger charge is 2.29. The summed E-state index contributed by atoms with van der Waals surface area (Å²) in [6.07, 6.45) is -0.746. The Morgan fingerprint density at radius 2 is 1.58 bits per heavy atom. The number of halogens is 1. The van der Waals surface area contributed by atoms with Crippen LogP contribution in [0.4, 0.5) is 10.5 Å². The second-order valence-corrected chi connectivity index (χ2v) is 8.06. The van der Waals surface area contributed by atoms with Crippen molar-refractivity contribution in [3.63, 3.8) is 0 Å². The van der Waals surface area contributed by atoms with Crippen LogP contribution in [0.2, 0.25) is 5.02 Å². The highest BCUT2D eigenvalue weighted by molar-refractivity contribution is 6.34. The molecule has 3 N–H and O–H groups in total. The van der Waals surface area contributed by atoms with E-state index in [1.54, 1.807) is 0 Å². The molecule has 0 aliphatic heterocycles. The minimum Gasteiger partial charge on any atom is -0.478 e. The normalized spacial score (nSPS) is 12.9. The van der Waals surface area contributed by atoms with Gasteiger partial charge in [0.25, 0.3) is 0 Å². The van der Waals surface area contributed by atoms with E-state index in [2.05, 4.69) is 10.6 Å². The maximum absolute atomic E-state index is 12.5. The average molecular weight is 465 g/mol. The largest absolute Gasteiger partial charge is 0.478 e. The quantitative estimate of drug-likeness (QED) is 0.481. The van der Waals surface area contributed by atoms with Gasteiger partial charge in [0.2, 0.25) is 5.91 Å². The Balaban J connectivity index is 1.39. The zero-order valence-corrected chi connectivity index (χ0v) is 18.4. The molecule has 3 aromatic carbocycles. The fourth-order valence-electron chi connectivity index (χ4n) is 3.97. The van der Waals surface area contributed by atoms with Crippen LogP contribution < -0.4 is 10.6 Å². The number of fused-ring (bicyclic) bond motifs is 3. The van der Waals surface area contributed by atoms with Crippen molar-refractivity contribution in [1.29, 1.82) is 0 Å². The summed E-state index contributed by atoms with van der Waals surface area (Å²) in [4.78, 5) is 36.3. The highest BCUT2D eigenvalue weighted by atomic mass is 35.5. The first-order valence-corrected chi connectivity index (χ1v) is 10.7. The molecule has 1 unspecified atom stereocenters. The summed E-state index contributed by atoms with van der Waals surface area (Å²) in [7, 11) is 0. The van der Waals surface area contributed by atoms with E-state index in [0.29, 0.717) is 0 Å². The SMILES string of the molecule is CC(NC(=O)OCC1c2ccccc2-c2ccccc21)C(=O)Nc1cccc(Cl)c1C(=O)O. The molecule has 168 valence electrons. The van der Waals surface area contributed by atoms with Crippen LogP contribution in [0.15, 0.2) is 66.7 Å². The van der Waals surface area contributed by atoms with E-state index in [1.807, 2.05) is 48.5 Å². The Hall–Kier alpha value is -3.84. The van der Waals surface area contributed by atoms with Gasteiger partial charge in [0.1, 0.15) is 18.2 Å². The number of amides is 2. The molecule has 0 saturated carbocycles. The number of carbonyl (C=O) groups excluding carboxylic acids is 2. The molecule has 3 aromatic rings. The van der Waals surface area contributed by atoms with Crippen molar-refractivity contribution in [2.24, 2.45) is 0 Å². The number of carbonyl (C=O) groups is 3. The first-order valence-electron chi connectivity index (χ1n) is 10.3. The fraction of sp³-hybridized carbons (Fsp3) is 0.160. The van der Waals surface area contributed by atoms with Crippen molar-refractivity contribution in [2.45, 2.75) is 18.9 Å². The van der Waals surface area contributed by atoms with Gasteiger partial charge in [0, 0.05) is 5.92 Å². The molecule has 0 fully saturated rings. The molecule has 1 aliphatic carbocycles. The van der Waals surface area contributed by atoms with Crippen molar-refractivity contribution in [3.05, 3.63) is 88.4 Å². The van der Waals surface area contributed by atoms with Gasteiger partial charge < -0.3 is 20.5 Å². The number of hydrogen-bond acceptors (Lipinski definition) is 4. The molecule has 4 rings (SSSR count). The maximum atomic E-state index is 12.5. The summed E-state index contributed by atoms with van der Waals surface area (Å²) >= 11 is 5.93. The Labute approximate surface area is 195 Å². The van der Waals surface area contributed by atoms with E-state index in [1.165, 1.54) is 25.1 Å². The highest BCUT2D eigenvalue weighted by Crippen LogP contribution is 2.44. The zero-order chi connectivity index (χ0) is 23.5. The molecule has 0 saturated heterocycles. The number of nitrogens with one attached hydrogen (secondary N) is 2. The number of carboxylic acids is 1. The van der Waals surface area contributed by atoms with E-state index in [0.717, 1.165) is 22.3 Å². The molecule has 0 radical (unpaired) electrons.